The highest BCUT2D eigenvalue weighted by atomic mass is 32.2. The predicted octanol–water partition coefficient (Wildman–Crippen LogP) is 5.68. The number of carbonyl (C=O) groups excluding carboxylic acids is 3. The number of carbonyl (C=O) groups is 3. The summed E-state index contributed by atoms with van der Waals surface area (Å²) in [7, 11) is 0. The van der Waals surface area contributed by atoms with Crippen LogP contribution in [-0.4, -0.2) is 70.0 Å². The van der Waals surface area contributed by atoms with Crippen LogP contribution in [0.5, 0.6) is 0 Å². The molecule has 2 aromatic rings. The second-order valence-electron chi connectivity index (χ2n) is 11.7. The average Bonchev–Trinajstić information content (AvgIpc) is 3.18. The van der Waals surface area contributed by atoms with Crippen LogP contribution in [0.25, 0.3) is 0 Å². The Labute approximate surface area is 241 Å². The lowest BCUT2D eigenvalue weighted by Crippen LogP contribution is -2.50. The van der Waals surface area contributed by atoms with E-state index >= 15 is 0 Å². The number of nitrogens with one attached hydrogen (secondary N) is 1. The molecule has 4 aliphatic rings. The van der Waals surface area contributed by atoms with Crippen LogP contribution in [0.3, 0.4) is 0 Å². The number of urea groups is 1. The Balaban J connectivity index is 1.06. The second kappa shape index (κ2) is 12.2. The molecule has 2 aromatic carbocycles. The molecule has 0 spiro atoms. The van der Waals surface area contributed by atoms with E-state index in [0.717, 1.165) is 42.6 Å². The van der Waals surface area contributed by atoms with Gasteiger partial charge in [0.25, 0.3) is 0 Å². The molecule has 6 rings (SSSR count). The number of piperidine rings is 1. The number of nitrogens with zero attached hydrogens (tertiary/aromatic N) is 3. The highest BCUT2D eigenvalue weighted by molar-refractivity contribution is 8.01. The van der Waals surface area contributed by atoms with Crippen molar-refractivity contribution in [1.82, 2.24) is 14.7 Å². The molecule has 2 atom stereocenters. The largest absolute Gasteiger partial charge is 0.342 e. The number of rotatable bonds is 6. The van der Waals surface area contributed by atoms with E-state index in [2.05, 4.69) is 28.4 Å². The maximum Gasteiger partial charge on any atom is 0.322 e. The zero-order chi connectivity index (χ0) is 27.5. The van der Waals surface area contributed by atoms with Crippen LogP contribution in [0.4, 0.5) is 10.5 Å². The normalized spacial score (nSPS) is 24.6. The molecule has 1 N–H and O–H groups in total. The van der Waals surface area contributed by atoms with Crippen molar-refractivity contribution >= 4 is 35.3 Å². The molecule has 8 heteroatoms. The minimum atomic E-state index is -0.339. The summed E-state index contributed by atoms with van der Waals surface area (Å²) in [5, 5.41) is 2.71. The number of fused-ring (bicyclic) bond motifs is 1. The van der Waals surface area contributed by atoms with E-state index in [-0.39, 0.29) is 40.9 Å². The molecule has 2 saturated heterocycles. The number of benzene rings is 2. The lowest BCUT2D eigenvalue weighted by molar-refractivity contribution is -0.137. The van der Waals surface area contributed by atoms with Crippen molar-refractivity contribution in [2.45, 2.75) is 74.5 Å². The third-order valence-corrected chi connectivity index (χ3v) is 10.6. The number of likely N-dealkylation sites (tertiary alicyclic amines) is 1. The van der Waals surface area contributed by atoms with Gasteiger partial charge in [-0.2, -0.15) is 0 Å². The summed E-state index contributed by atoms with van der Waals surface area (Å²) in [5.41, 5.74) is 3.20. The highest BCUT2D eigenvalue weighted by Crippen LogP contribution is 2.45. The van der Waals surface area contributed by atoms with Crippen molar-refractivity contribution in [3.8, 4) is 0 Å². The van der Waals surface area contributed by atoms with E-state index in [0.29, 0.717) is 25.6 Å². The van der Waals surface area contributed by atoms with Crippen LogP contribution >= 0.6 is 11.8 Å². The molecule has 0 bridgehead atoms. The van der Waals surface area contributed by atoms with Gasteiger partial charge in [0.05, 0.1) is 5.25 Å². The van der Waals surface area contributed by atoms with Gasteiger partial charge in [-0.1, -0.05) is 67.8 Å². The standard InChI is InChI=1S/C32H40N4O3S/c37-29(34-18-16-26(17-19-34)35-20-15-24-11-7-8-14-27(24)33-32(35)39)21-28-30(38)36(22-23-9-3-1-4-10-23)31(40-28)25-12-5-2-6-13-25/h2,5-8,11-14,23,26,28,31H,1,3-4,9-10,15-22H2,(H,33,39). The molecule has 0 aromatic heterocycles. The summed E-state index contributed by atoms with van der Waals surface area (Å²) < 4.78 is 0. The van der Waals surface area contributed by atoms with Gasteiger partial charge in [-0.15, -0.1) is 11.8 Å². The van der Waals surface area contributed by atoms with Crippen LogP contribution in [0.15, 0.2) is 54.6 Å². The minimum absolute atomic E-state index is 0.0233. The van der Waals surface area contributed by atoms with E-state index in [1.807, 2.05) is 46.2 Å². The third kappa shape index (κ3) is 5.87. The Morgan fingerprint density at radius 1 is 0.875 bits per heavy atom. The maximum atomic E-state index is 13.7. The van der Waals surface area contributed by atoms with Crippen molar-refractivity contribution < 1.29 is 14.4 Å². The molecular weight excluding hydrogens is 520 g/mol. The summed E-state index contributed by atoms with van der Waals surface area (Å²) in [4.78, 5) is 46.0. The SMILES string of the molecule is O=C(CC1SC(c2ccccc2)N(CC2CCCCC2)C1=O)N1CCC(N2CCc3ccccc3NC2=O)CC1. The molecule has 3 fully saturated rings. The molecule has 7 nitrogen and oxygen atoms in total. The van der Waals surface area contributed by atoms with Crippen LogP contribution in [0.1, 0.15) is 67.9 Å². The number of para-hydroxylation sites is 1. The highest BCUT2D eigenvalue weighted by Gasteiger charge is 2.43. The van der Waals surface area contributed by atoms with Gasteiger partial charge >= 0.3 is 6.03 Å². The topological polar surface area (TPSA) is 73.0 Å². The zero-order valence-corrected chi connectivity index (χ0v) is 24.0. The summed E-state index contributed by atoms with van der Waals surface area (Å²) in [6.45, 7) is 2.73. The van der Waals surface area contributed by atoms with Gasteiger partial charge < -0.3 is 20.0 Å². The van der Waals surface area contributed by atoms with Crippen LogP contribution in [-0.2, 0) is 16.0 Å². The molecule has 1 aliphatic carbocycles. The average molecular weight is 561 g/mol. The Morgan fingerprint density at radius 3 is 2.38 bits per heavy atom. The van der Waals surface area contributed by atoms with E-state index in [9.17, 15) is 14.4 Å². The molecule has 2 unspecified atom stereocenters. The van der Waals surface area contributed by atoms with E-state index < -0.39 is 0 Å². The lowest BCUT2D eigenvalue weighted by Gasteiger charge is -2.38. The first-order valence-electron chi connectivity index (χ1n) is 15.0. The molecule has 4 amide bonds. The monoisotopic (exact) mass is 560 g/mol. The minimum Gasteiger partial charge on any atom is -0.342 e. The zero-order valence-electron chi connectivity index (χ0n) is 23.2. The summed E-state index contributed by atoms with van der Waals surface area (Å²) in [5.74, 6) is 0.735. The third-order valence-electron chi connectivity index (χ3n) is 9.16. The van der Waals surface area contributed by atoms with Crippen molar-refractivity contribution in [2.24, 2.45) is 5.92 Å². The lowest BCUT2D eigenvalue weighted by atomic mass is 9.88. The molecule has 3 aliphatic heterocycles. The Bertz CT molecular complexity index is 1210. The van der Waals surface area contributed by atoms with Crippen molar-refractivity contribution in [3.05, 3.63) is 65.7 Å². The van der Waals surface area contributed by atoms with Crippen LogP contribution in [0, 0.1) is 5.92 Å². The fraction of sp³-hybridized carbons (Fsp3) is 0.531. The van der Waals surface area contributed by atoms with Gasteiger partial charge in [-0.3, -0.25) is 9.59 Å². The molecular formula is C32H40N4O3S. The fourth-order valence-electron chi connectivity index (χ4n) is 6.89. The fourth-order valence-corrected chi connectivity index (χ4v) is 8.34. The Hall–Kier alpha value is -3.00. The van der Waals surface area contributed by atoms with Crippen molar-refractivity contribution in [2.75, 3.05) is 31.5 Å². The molecule has 212 valence electrons. The van der Waals surface area contributed by atoms with Crippen LogP contribution < -0.4 is 5.32 Å². The van der Waals surface area contributed by atoms with Gasteiger partial charge in [0.15, 0.2) is 0 Å². The summed E-state index contributed by atoms with van der Waals surface area (Å²) in [6.07, 6.45) is 8.78. The first kappa shape index (κ1) is 27.2. The molecule has 40 heavy (non-hydrogen) atoms. The number of anilines is 1. The molecule has 1 saturated carbocycles. The predicted molar refractivity (Wildman–Crippen MR) is 159 cm³/mol. The first-order chi connectivity index (χ1) is 19.6. The smallest absolute Gasteiger partial charge is 0.322 e. The number of amides is 4. The summed E-state index contributed by atoms with van der Waals surface area (Å²) in [6, 6.07) is 18.3. The van der Waals surface area contributed by atoms with E-state index in [4.69, 9.17) is 0 Å². The quantitative estimate of drug-likeness (QED) is 0.493. The number of hydrogen-bond donors (Lipinski definition) is 1. The van der Waals surface area contributed by atoms with Gasteiger partial charge in [-0.05, 0) is 55.2 Å². The van der Waals surface area contributed by atoms with Crippen molar-refractivity contribution in [3.63, 3.8) is 0 Å². The Kier molecular flexibility index (Phi) is 8.32. The van der Waals surface area contributed by atoms with Gasteiger partial charge in [0.1, 0.15) is 5.37 Å². The number of hydrogen-bond acceptors (Lipinski definition) is 4. The Morgan fingerprint density at radius 2 is 1.60 bits per heavy atom. The van der Waals surface area contributed by atoms with Gasteiger partial charge in [0.2, 0.25) is 11.8 Å². The molecule has 0 radical (unpaired) electrons. The van der Waals surface area contributed by atoms with E-state index in [1.165, 1.54) is 32.1 Å². The number of thioether (sulfide) groups is 1. The van der Waals surface area contributed by atoms with Gasteiger partial charge in [0, 0.05) is 44.3 Å². The van der Waals surface area contributed by atoms with Crippen molar-refractivity contribution in [1.29, 1.82) is 0 Å². The van der Waals surface area contributed by atoms with Crippen LogP contribution in [0.2, 0.25) is 0 Å². The molecule has 3 heterocycles. The summed E-state index contributed by atoms with van der Waals surface area (Å²) >= 11 is 1.65. The first-order valence-corrected chi connectivity index (χ1v) is 16.0. The van der Waals surface area contributed by atoms with Gasteiger partial charge in [-0.25, -0.2) is 4.79 Å². The van der Waals surface area contributed by atoms with E-state index in [1.54, 1.807) is 11.8 Å². The second-order valence-corrected chi connectivity index (χ2v) is 13.0. The maximum absolute atomic E-state index is 13.7.